The van der Waals surface area contributed by atoms with Crippen LogP contribution in [0.4, 0.5) is 0 Å². The number of ether oxygens (including phenoxy) is 2. The average molecular weight is 237 g/mol. The van der Waals surface area contributed by atoms with Gasteiger partial charge < -0.3 is 15.2 Å². The molecule has 0 heterocycles. The molecule has 17 heavy (non-hydrogen) atoms. The predicted molar refractivity (Wildman–Crippen MR) is 70.0 cm³/mol. The van der Waals surface area contributed by atoms with Gasteiger partial charge in [-0.2, -0.15) is 0 Å². The minimum absolute atomic E-state index is 0.0499. The van der Waals surface area contributed by atoms with E-state index < -0.39 is 0 Å². The highest BCUT2D eigenvalue weighted by Gasteiger charge is 2.13. The molecule has 3 heteroatoms. The summed E-state index contributed by atoms with van der Waals surface area (Å²) in [6.07, 6.45) is 0.0101. The summed E-state index contributed by atoms with van der Waals surface area (Å²) in [6, 6.07) is 8.30. The van der Waals surface area contributed by atoms with Crippen LogP contribution in [0.1, 0.15) is 31.1 Å². The first kappa shape index (κ1) is 14.2. The number of hydrogen-bond donors (Lipinski definition) is 1. The van der Waals surface area contributed by atoms with Gasteiger partial charge in [-0.25, -0.2) is 0 Å². The summed E-state index contributed by atoms with van der Waals surface area (Å²) in [5.41, 5.74) is 8.12. The molecule has 1 rings (SSSR count). The standard InChI is InChI=1S/C14H23NO2/c1-4-16-10-12(3)17-14(9-15)13-7-5-11(2)6-8-13/h5-8,12,14H,4,9-10,15H2,1-3H3. The minimum atomic E-state index is -0.0499. The number of nitrogens with two attached hydrogens (primary N) is 1. The van der Waals surface area contributed by atoms with Crippen LogP contribution in [0.3, 0.4) is 0 Å². The second kappa shape index (κ2) is 7.43. The lowest BCUT2D eigenvalue weighted by molar-refractivity contribution is -0.0441. The maximum atomic E-state index is 5.88. The van der Waals surface area contributed by atoms with Crippen LogP contribution in [0.2, 0.25) is 0 Å². The van der Waals surface area contributed by atoms with Gasteiger partial charge in [-0.15, -0.1) is 0 Å². The highest BCUT2D eigenvalue weighted by molar-refractivity contribution is 5.23. The Bertz CT molecular complexity index is 311. The second-order valence-corrected chi connectivity index (χ2v) is 4.24. The topological polar surface area (TPSA) is 44.5 Å². The fourth-order valence-electron chi connectivity index (χ4n) is 1.65. The van der Waals surface area contributed by atoms with Gasteiger partial charge in [0.25, 0.3) is 0 Å². The highest BCUT2D eigenvalue weighted by Crippen LogP contribution is 2.18. The van der Waals surface area contributed by atoms with E-state index in [1.807, 2.05) is 13.8 Å². The molecule has 0 aliphatic rings. The molecule has 1 aromatic carbocycles. The Morgan fingerprint density at radius 1 is 1.24 bits per heavy atom. The summed E-state index contributed by atoms with van der Waals surface area (Å²) in [6.45, 7) is 7.86. The molecular weight excluding hydrogens is 214 g/mol. The first-order valence-electron chi connectivity index (χ1n) is 6.17. The van der Waals surface area contributed by atoms with E-state index in [-0.39, 0.29) is 12.2 Å². The normalized spacial score (nSPS) is 14.6. The Balaban J connectivity index is 2.56. The van der Waals surface area contributed by atoms with Gasteiger partial charge in [-0.05, 0) is 26.3 Å². The molecular formula is C14H23NO2. The van der Waals surface area contributed by atoms with Crippen LogP contribution < -0.4 is 5.73 Å². The molecule has 0 radical (unpaired) electrons. The quantitative estimate of drug-likeness (QED) is 0.792. The molecule has 0 bridgehead atoms. The molecule has 0 fully saturated rings. The molecule has 0 amide bonds. The van der Waals surface area contributed by atoms with Gasteiger partial charge in [0.15, 0.2) is 0 Å². The van der Waals surface area contributed by atoms with Crippen LogP contribution in [-0.4, -0.2) is 25.9 Å². The van der Waals surface area contributed by atoms with E-state index in [9.17, 15) is 0 Å². The Kier molecular flexibility index (Phi) is 6.19. The van der Waals surface area contributed by atoms with Crippen molar-refractivity contribution in [1.82, 2.24) is 0 Å². The molecule has 2 atom stereocenters. The second-order valence-electron chi connectivity index (χ2n) is 4.24. The van der Waals surface area contributed by atoms with Crippen molar-refractivity contribution in [2.45, 2.75) is 33.0 Å². The summed E-state index contributed by atoms with van der Waals surface area (Å²) in [5, 5.41) is 0. The molecule has 2 unspecified atom stereocenters. The van der Waals surface area contributed by atoms with Crippen LogP contribution in [0.15, 0.2) is 24.3 Å². The van der Waals surface area contributed by atoms with Crippen molar-refractivity contribution in [2.24, 2.45) is 5.73 Å². The van der Waals surface area contributed by atoms with Gasteiger partial charge in [-0.3, -0.25) is 0 Å². The SMILES string of the molecule is CCOCC(C)OC(CN)c1ccc(C)cc1. The van der Waals surface area contributed by atoms with Crippen molar-refractivity contribution in [1.29, 1.82) is 0 Å². The molecule has 96 valence electrons. The van der Waals surface area contributed by atoms with E-state index >= 15 is 0 Å². The summed E-state index contributed by atoms with van der Waals surface area (Å²) in [4.78, 5) is 0. The largest absolute Gasteiger partial charge is 0.379 e. The zero-order valence-electron chi connectivity index (χ0n) is 11.0. The monoisotopic (exact) mass is 237 g/mol. The van der Waals surface area contributed by atoms with Crippen molar-refractivity contribution in [2.75, 3.05) is 19.8 Å². The number of benzene rings is 1. The van der Waals surface area contributed by atoms with Crippen molar-refractivity contribution < 1.29 is 9.47 Å². The Hall–Kier alpha value is -0.900. The van der Waals surface area contributed by atoms with Crippen LogP contribution in [0, 0.1) is 6.92 Å². The lowest BCUT2D eigenvalue weighted by Gasteiger charge is -2.21. The van der Waals surface area contributed by atoms with Gasteiger partial charge in [0.1, 0.15) is 0 Å². The molecule has 0 aliphatic heterocycles. The van der Waals surface area contributed by atoms with E-state index in [4.69, 9.17) is 15.2 Å². The fraction of sp³-hybridized carbons (Fsp3) is 0.571. The first-order chi connectivity index (χ1) is 8.17. The van der Waals surface area contributed by atoms with Crippen molar-refractivity contribution in [3.8, 4) is 0 Å². The summed E-state index contributed by atoms with van der Waals surface area (Å²) in [5.74, 6) is 0. The van der Waals surface area contributed by atoms with Crippen molar-refractivity contribution >= 4 is 0 Å². The van der Waals surface area contributed by atoms with Gasteiger partial charge in [0, 0.05) is 13.2 Å². The van der Waals surface area contributed by atoms with E-state index in [2.05, 4.69) is 31.2 Å². The van der Waals surface area contributed by atoms with Gasteiger partial charge in [0.2, 0.25) is 0 Å². The maximum Gasteiger partial charge on any atom is 0.0951 e. The highest BCUT2D eigenvalue weighted by atomic mass is 16.5. The van der Waals surface area contributed by atoms with Gasteiger partial charge in [-0.1, -0.05) is 29.8 Å². The van der Waals surface area contributed by atoms with Gasteiger partial charge >= 0.3 is 0 Å². The molecule has 2 N–H and O–H groups in total. The van der Waals surface area contributed by atoms with Crippen molar-refractivity contribution in [3.63, 3.8) is 0 Å². The summed E-state index contributed by atoms with van der Waals surface area (Å²) >= 11 is 0. The first-order valence-corrected chi connectivity index (χ1v) is 6.17. The smallest absolute Gasteiger partial charge is 0.0951 e. The minimum Gasteiger partial charge on any atom is -0.379 e. The average Bonchev–Trinajstić information content (AvgIpc) is 2.34. The Morgan fingerprint density at radius 2 is 1.88 bits per heavy atom. The third-order valence-electron chi connectivity index (χ3n) is 2.62. The molecule has 0 aliphatic carbocycles. The Labute approximate surface area is 104 Å². The lowest BCUT2D eigenvalue weighted by atomic mass is 10.1. The summed E-state index contributed by atoms with van der Waals surface area (Å²) < 4.78 is 11.2. The van der Waals surface area contributed by atoms with Gasteiger partial charge in [0.05, 0.1) is 18.8 Å². The third-order valence-corrected chi connectivity index (χ3v) is 2.62. The molecule has 0 aromatic heterocycles. The van der Waals surface area contributed by atoms with Crippen molar-refractivity contribution in [3.05, 3.63) is 35.4 Å². The number of hydrogen-bond acceptors (Lipinski definition) is 3. The molecule has 1 aromatic rings. The molecule has 0 saturated heterocycles. The number of aryl methyl sites for hydroxylation is 1. The fourth-order valence-corrected chi connectivity index (χ4v) is 1.65. The van der Waals surface area contributed by atoms with E-state index in [1.54, 1.807) is 0 Å². The number of rotatable bonds is 7. The van der Waals surface area contributed by atoms with E-state index in [0.717, 1.165) is 5.56 Å². The zero-order valence-corrected chi connectivity index (χ0v) is 11.0. The van der Waals surface area contributed by atoms with Crippen LogP contribution in [0.25, 0.3) is 0 Å². The molecule has 0 spiro atoms. The Morgan fingerprint density at radius 3 is 2.41 bits per heavy atom. The van der Waals surface area contributed by atoms with E-state index in [0.29, 0.717) is 19.8 Å². The van der Waals surface area contributed by atoms with Crippen LogP contribution in [0.5, 0.6) is 0 Å². The molecule has 3 nitrogen and oxygen atoms in total. The maximum absolute atomic E-state index is 5.88. The van der Waals surface area contributed by atoms with Crippen LogP contribution in [-0.2, 0) is 9.47 Å². The summed E-state index contributed by atoms with van der Waals surface area (Å²) in [7, 11) is 0. The molecule has 0 saturated carbocycles. The lowest BCUT2D eigenvalue weighted by Crippen LogP contribution is -2.24. The van der Waals surface area contributed by atoms with E-state index in [1.165, 1.54) is 5.56 Å². The van der Waals surface area contributed by atoms with Crippen LogP contribution >= 0.6 is 0 Å². The predicted octanol–water partition coefficient (Wildman–Crippen LogP) is 2.44. The third kappa shape index (κ3) is 4.86. The zero-order chi connectivity index (χ0) is 12.7.